The van der Waals surface area contributed by atoms with Crippen LogP contribution in [-0.2, 0) is 4.79 Å². The monoisotopic (exact) mass is 268 g/mol. The van der Waals surface area contributed by atoms with Gasteiger partial charge in [-0.2, -0.15) is 0 Å². The Morgan fingerprint density at radius 2 is 1.47 bits per heavy atom. The normalized spacial score (nSPS) is 17.5. The average molecular weight is 268 g/mol. The second kappa shape index (κ2) is 5.59. The summed E-state index contributed by atoms with van der Waals surface area (Å²) in [6.07, 6.45) is 6.59. The van der Waals surface area contributed by atoms with E-state index < -0.39 is 17.0 Å². The van der Waals surface area contributed by atoms with Crippen LogP contribution in [0, 0.1) is 10.8 Å². The summed E-state index contributed by atoms with van der Waals surface area (Å²) in [6, 6.07) is 0. The Labute approximate surface area is 116 Å². The second-order valence-corrected chi connectivity index (χ2v) is 6.57. The fraction of sp³-hybridized carbons (Fsp3) is 0.933. The smallest absolute Gasteiger partial charge is 0.358 e. The third kappa shape index (κ3) is 2.67. The highest BCUT2D eigenvalue weighted by Gasteiger charge is 2.66. The van der Waals surface area contributed by atoms with E-state index in [0.717, 1.165) is 38.5 Å². The van der Waals surface area contributed by atoms with Crippen molar-refractivity contribution in [2.24, 2.45) is 21.1 Å². The molecule has 0 radical (unpaired) electrons. The molecule has 0 aliphatic carbocycles. The number of carbonyl (C=O) groups is 1. The fourth-order valence-electron chi connectivity index (χ4n) is 2.96. The Hall–Kier alpha value is -0.930. The minimum Gasteiger partial charge on any atom is -0.478 e. The zero-order valence-electron chi connectivity index (χ0n) is 13.0. The van der Waals surface area contributed by atoms with Crippen molar-refractivity contribution in [2.45, 2.75) is 78.8 Å². The predicted octanol–water partition coefficient (Wildman–Crippen LogP) is 4.65. The van der Waals surface area contributed by atoms with Crippen LogP contribution in [0.5, 0.6) is 0 Å². The molecule has 0 aromatic rings. The maximum absolute atomic E-state index is 11.5. The number of carboxylic acids is 1. The van der Waals surface area contributed by atoms with Gasteiger partial charge in [0, 0.05) is 5.41 Å². The number of carboxylic acid groups (broad SMARTS) is 1. The van der Waals surface area contributed by atoms with Crippen LogP contribution in [-0.4, -0.2) is 16.7 Å². The van der Waals surface area contributed by atoms with Gasteiger partial charge in [-0.1, -0.05) is 60.3 Å². The number of rotatable bonds is 9. The van der Waals surface area contributed by atoms with Crippen molar-refractivity contribution >= 4 is 5.97 Å². The van der Waals surface area contributed by atoms with Gasteiger partial charge in [-0.15, -0.1) is 10.2 Å². The molecule has 110 valence electrons. The largest absolute Gasteiger partial charge is 0.478 e. The van der Waals surface area contributed by atoms with Crippen LogP contribution in [0.1, 0.15) is 73.1 Å². The Kier molecular flexibility index (Phi) is 4.75. The first-order valence-electron chi connectivity index (χ1n) is 7.45. The van der Waals surface area contributed by atoms with E-state index in [-0.39, 0.29) is 5.41 Å². The predicted molar refractivity (Wildman–Crippen MR) is 76.2 cm³/mol. The highest BCUT2D eigenvalue weighted by Crippen LogP contribution is 2.58. The molecule has 0 saturated heterocycles. The van der Waals surface area contributed by atoms with Gasteiger partial charge in [0.1, 0.15) is 0 Å². The lowest BCUT2D eigenvalue weighted by molar-refractivity contribution is -0.148. The van der Waals surface area contributed by atoms with E-state index in [1.165, 1.54) is 0 Å². The SMILES string of the molecule is CCCCC(C)(CCCC)C(C)(C)C1(C(=O)O)N=N1. The van der Waals surface area contributed by atoms with Gasteiger partial charge < -0.3 is 5.11 Å². The topological polar surface area (TPSA) is 62.0 Å². The molecule has 1 rings (SSSR count). The van der Waals surface area contributed by atoms with Gasteiger partial charge in [-0.25, -0.2) is 4.79 Å². The lowest BCUT2D eigenvalue weighted by Crippen LogP contribution is -2.50. The lowest BCUT2D eigenvalue weighted by atomic mass is 9.57. The number of aliphatic carboxylic acids is 1. The van der Waals surface area contributed by atoms with Gasteiger partial charge in [-0.05, 0) is 18.3 Å². The molecule has 0 saturated carbocycles. The van der Waals surface area contributed by atoms with Crippen molar-refractivity contribution in [3.63, 3.8) is 0 Å². The maximum atomic E-state index is 11.5. The molecule has 1 N–H and O–H groups in total. The summed E-state index contributed by atoms with van der Waals surface area (Å²) in [5.74, 6) is -0.906. The van der Waals surface area contributed by atoms with Gasteiger partial charge in [0.05, 0.1) is 0 Å². The van der Waals surface area contributed by atoms with E-state index in [0.29, 0.717) is 0 Å². The molecule has 0 spiro atoms. The van der Waals surface area contributed by atoms with Crippen LogP contribution >= 0.6 is 0 Å². The Balaban J connectivity index is 2.98. The molecule has 1 aliphatic rings. The summed E-state index contributed by atoms with van der Waals surface area (Å²) >= 11 is 0. The van der Waals surface area contributed by atoms with Crippen LogP contribution in [0.15, 0.2) is 10.2 Å². The molecule has 1 aliphatic heterocycles. The highest BCUT2D eigenvalue weighted by molar-refractivity contribution is 5.82. The quantitative estimate of drug-likeness (QED) is 0.661. The first kappa shape index (κ1) is 16.1. The molecule has 0 fully saturated rings. The maximum Gasteiger partial charge on any atom is 0.358 e. The molecule has 19 heavy (non-hydrogen) atoms. The molecule has 0 aromatic carbocycles. The molecular weight excluding hydrogens is 240 g/mol. The van der Waals surface area contributed by atoms with Crippen molar-refractivity contribution in [1.29, 1.82) is 0 Å². The van der Waals surface area contributed by atoms with Crippen molar-refractivity contribution < 1.29 is 9.90 Å². The van der Waals surface area contributed by atoms with Crippen molar-refractivity contribution in [3.05, 3.63) is 0 Å². The Bertz CT molecular complexity index is 347. The zero-order chi connectivity index (χ0) is 14.7. The highest BCUT2D eigenvalue weighted by atomic mass is 16.4. The minimum absolute atomic E-state index is 0.0408. The van der Waals surface area contributed by atoms with Gasteiger partial charge in [0.2, 0.25) is 0 Å². The second-order valence-electron chi connectivity index (χ2n) is 6.57. The molecule has 0 unspecified atom stereocenters. The van der Waals surface area contributed by atoms with Gasteiger partial charge in [-0.3, -0.25) is 0 Å². The van der Waals surface area contributed by atoms with Crippen LogP contribution < -0.4 is 0 Å². The molecule has 0 bridgehead atoms. The molecular formula is C15H28N2O2. The first-order chi connectivity index (χ1) is 8.77. The van der Waals surface area contributed by atoms with E-state index in [4.69, 9.17) is 0 Å². The van der Waals surface area contributed by atoms with Crippen LogP contribution in [0.25, 0.3) is 0 Å². The van der Waals surface area contributed by atoms with Crippen LogP contribution in [0.3, 0.4) is 0 Å². The van der Waals surface area contributed by atoms with E-state index in [2.05, 4.69) is 31.0 Å². The molecule has 4 nitrogen and oxygen atoms in total. The molecule has 0 atom stereocenters. The van der Waals surface area contributed by atoms with Crippen molar-refractivity contribution in [3.8, 4) is 0 Å². The van der Waals surface area contributed by atoms with E-state index in [1.54, 1.807) is 0 Å². The summed E-state index contributed by atoms with van der Waals surface area (Å²) in [6.45, 7) is 10.6. The number of hydrogen-bond donors (Lipinski definition) is 1. The van der Waals surface area contributed by atoms with Crippen molar-refractivity contribution in [2.75, 3.05) is 0 Å². The standard InChI is InChI=1S/C15H28N2O2/c1-6-8-10-14(5,11-9-7-2)13(3,4)15(12(18)19)16-17-15/h6-11H2,1-5H3,(H,18,19). The summed E-state index contributed by atoms with van der Waals surface area (Å²) in [5.41, 5.74) is -1.69. The molecule has 1 heterocycles. The van der Waals surface area contributed by atoms with Gasteiger partial charge >= 0.3 is 5.97 Å². The molecule has 0 amide bonds. The molecule has 4 heteroatoms. The van der Waals surface area contributed by atoms with Crippen LogP contribution in [0.4, 0.5) is 0 Å². The number of hydrogen-bond acceptors (Lipinski definition) is 3. The lowest BCUT2D eigenvalue weighted by Gasteiger charge is -2.46. The fourth-order valence-corrected chi connectivity index (χ4v) is 2.96. The summed E-state index contributed by atoms with van der Waals surface area (Å²) < 4.78 is 0. The number of nitrogens with zero attached hydrogens (tertiary/aromatic N) is 2. The third-order valence-electron chi connectivity index (χ3n) is 5.14. The van der Waals surface area contributed by atoms with Gasteiger partial charge in [0.15, 0.2) is 0 Å². The minimum atomic E-state index is -1.21. The van der Waals surface area contributed by atoms with Gasteiger partial charge in [0.25, 0.3) is 5.66 Å². The summed E-state index contributed by atoms with van der Waals surface area (Å²) in [4.78, 5) is 11.5. The van der Waals surface area contributed by atoms with Crippen LogP contribution in [0.2, 0.25) is 0 Å². The summed E-state index contributed by atoms with van der Waals surface area (Å²) in [7, 11) is 0. The summed E-state index contributed by atoms with van der Waals surface area (Å²) in [5, 5.41) is 17.3. The van der Waals surface area contributed by atoms with E-state index in [1.807, 2.05) is 13.8 Å². The first-order valence-corrected chi connectivity index (χ1v) is 7.45. The molecule has 0 aromatic heterocycles. The third-order valence-corrected chi connectivity index (χ3v) is 5.14. The van der Waals surface area contributed by atoms with E-state index in [9.17, 15) is 9.90 Å². The number of unbranched alkanes of at least 4 members (excludes halogenated alkanes) is 2. The Morgan fingerprint density at radius 1 is 1.05 bits per heavy atom. The zero-order valence-corrected chi connectivity index (χ0v) is 13.0. The van der Waals surface area contributed by atoms with Crippen molar-refractivity contribution in [1.82, 2.24) is 0 Å². The Morgan fingerprint density at radius 3 is 1.74 bits per heavy atom. The average Bonchev–Trinajstić information content (AvgIpc) is 3.15. The van der Waals surface area contributed by atoms with E-state index >= 15 is 0 Å².